The number of rotatable bonds is 7. The van der Waals surface area contributed by atoms with Crippen molar-refractivity contribution in [2.75, 3.05) is 6.61 Å². The number of benzene rings is 1. The lowest BCUT2D eigenvalue weighted by atomic mass is 9.98. The van der Waals surface area contributed by atoms with E-state index >= 15 is 0 Å². The quantitative estimate of drug-likeness (QED) is 0.369. The molecule has 0 spiro atoms. The lowest BCUT2D eigenvalue weighted by Gasteiger charge is -2.43. The molecule has 10 nitrogen and oxygen atoms in total. The van der Waals surface area contributed by atoms with Gasteiger partial charge in [-0.15, -0.1) is 0 Å². The minimum Gasteiger partial charge on any atom is -0.460 e. The van der Waals surface area contributed by atoms with E-state index in [1.54, 1.807) is 0 Å². The van der Waals surface area contributed by atoms with E-state index in [-0.39, 0.29) is 16.3 Å². The number of aldehydes is 1. The smallest absolute Gasteiger partial charge is 0.303 e. The van der Waals surface area contributed by atoms with E-state index in [0.717, 1.165) is 20.8 Å². The van der Waals surface area contributed by atoms with Gasteiger partial charge in [0.05, 0.1) is 12.2 Å². The fourth-order valence-electron chi connectivity index (χ4n) is 2.94. The molecule has 164 valence electrons. The van der Waals surface area contributed by atoms with Crippen molar-refractivity contribution in [3.05, 3.63) is 28.8 Å². The maximum Gasteiger partial charge on any atom is 0.303 e. The second-order valence-corrected chi connectivity index (χ2v) is 6.80. The van der Waals surface area contributed by atoms with Crippen LogP contribution in [0.15, 0.2) is 18.2 Å². The van der Waals surface area contributed by atoms with Crippen LogP contribution in [0.4, 0.5) is 0 Å². The summed E-state index contributed by atoms with van der Waals surface area (Å²) in [5.41, 5.74) is 0.0827. The normalized spacial score (nSPS) is 25.7. The molecule has 1 aliphatic heterocycles. The van der Waals surface area contributed by atoms with Crippen LogP contribution in [0, 0.1) is 0 Å². The minimum absolute atomic E-state index is 0.0424. The van der Waals surface area contributed by atoms with E-state index < -0.39 is 55.2 Å². The van der Waals surface area contributed by atoms with Crippen molar-refractivity contribution < 1.29 is 48.0 Å². The first-order chi connectivity index (χ1) is 14.2. The molecule has 0 radical (unpaired) electrons. The molecule has 0 aromatic heterocycles. The van der Waals surface area contributed by atoms with Crippen molar-refractivity contribution in [3.63, 3.8) is 0 Å². The number of esters is 3. The SMILES string of the molecule is CC(=O)O[C@@H]1[C@@H](OC(C)=O)[C@H](Oc2ccc(Cl)cc2C=O)O[C@H](CO)[C@H]1OC(C)=O. The van der Waals surface area contributed by atoms with Gasteiger partial charge < -0.3 is 28.8 Å². The second kappa shape index (κ2) is 10.4. The average molecular weight is 445 g/mol. The molecule has 2 rings (SSSR count). The Morgan fingerprint density at radius 3 is 2.13 bits per heavy atom. The zero-order valence-electron chi connectivity index (χ0n) is 16.4. The Bertz CT molecular complexity index is 811. The van der Waals surface area contributed by atoms with Crippen LogP contribution in [0.25, 0.3) is 0 Å². The Morgan fingerprint density at radius 1 is 1.03 bits per heavy atom. The van der Waals surface area contributed by atoms with E-state index in [2.05, 4.69) is 0 Å². The number of halogens is 1. The molecule has 1 aromatic rings. The minimum atomic E-state index is -1.41. The molecule has 0 saturated carbocycles. The number of hydrogen-bond donors (Lipinski definition) is 1. The summed E-state index contributed by atoms with van der Waals surface area (Å²) in [5.74, 6) is -2.21. The van der Waals surface area contributed by atoms with Crippen LogP contribution in [0.2, 0.25) is 5.02 Å². The highest BCUT2D eigenvalue weighted by atomic mass is 35.5. The van der Waals surface area contributed by atoms with E-state index in [1.807, 2.05) is 0 Å². The summed E-state index contributed by atoms with van der Waals surface area (Å²) in [4.78, 5) is 46.2. The van der Waals surface area contributed by atoms with Crippen molar-refractivity contribution in [3.8, 4) is 5.75 Å². The zero-order chi connectivity index (χ0) is 22.4. The molecule has 5 atom stereocenters. The number of carbonyl (C=O) groups is 4. The molecule has 1 aromatic carbocycles. The largest absolute Gasteiger partial charge is 0.460 e. The first kappa shape index (κ1) is 23.6. The van der Waals surface area contributed by atoms with Gasteiger partial charge in [-0.3, -0.25) is 19.2 Å². The molecular weight excluding hydrogens is 424 g/mol. The van der Waals surface area contributed by atoms with Crippen molar-refractivity contribution in [1.82, 2.24) is 0 Å². The summed E-state index contributed by atoms with van der Waals surface area (Å²) >= 11 is 5.88. The van der Waals surface area contributed by atoms with Gasteiger partial charge in [0.15, 0.2) is 18.5 Å². The first-order valence-corrected chi connectivity index (χ1v) is 9.23. The summed E-state index contributed by atoms with van der Waals surface area (Å²) in [5, 5.41) is 10.0. The van der Waals surface area contributed by atoms with Crippen LogP contribution >= 0.6 is 11.6 Å². The maximum absolute atomic E-state index is 11.7. The van der Waals surface area contributed by atoms with Crippen LogP contribution in [-0.4, -0.2) is 66.6 Å². The van der Waals surface area contributed by atoms with Gasteiger partial charge >= 0.3 is 17.9 Å². The molecule has 30 heavy (non-hydrogen) atoms. The number of aliphatic hydroxyl groups excluding tert-OH is 1. The topological polar surface area (TPSA) is 135 Å². The average Bonchev–Trinajstić information content (AvgIpc) is 2.66. The molecule has 1 N–H and O–H groups in total. The Kier molecular flexibility index (Phi) is 8.16. The molecule has 1 fully saturated rings. The molecule has 11 heteroatoms. The number of ether oxygens (including phenoxy) is 5. The highest BCUT2D eigenvalue weighted by molar-refractivity contribution is 6.30. The van der Waals surface area contributed by atoms with Crippen molar-refractivity contribution in [2.24, 2.45) is 0 Å². The Balaban J connectivity index is 2.46. The lowest BCUT2D eigenvalue weighted by molar-refractivity contribution is -0.287. The van der Waals surface area contributed by atoms with Gasteiger partial charge in [0.25, 0.3) is 0 Å². The van der Waals surface area contributed by atoms with Crippen LogP contribution in [0.1, 0.15) is 31.1 Å². The molecule has 0 bridgehead atoms. The fourth-order valence-corrected chi connectivity index (χ4v) is 3.12. The van der Waals surface area contributed by atoms with Crippen LogP contribution in [0.3, 0.4) is 0 Å². The van der Waals surface area contributed by atoms with Gasteiger partial charge in [-0.25, -0.2) is 0 Å². The highest BCUT2D eigenvalue weighted by Gasteiger charge is 2.52. The summed E-state index contributed by atoms with van der Waals surface area (Å²) in [6.07, 6.45) is -6.10. The second-order valence-electron chi connectivity index (χ2n) is 6.37. The number of hydrogen-bond acceptors (Lipinski definition) is 10. The molecule has 1 aliphatic rings. The first-order valence-electron chi connectivity index (χ1n) is 8.85. The predicted octanol–water partition coefficient (Wildman–Crippen LogP) is 1.04. The van der Waals surface area contributed by atoms with Crippen molar-refractivity contribution >= 4 is 35.8 Å². The standard InChI is InChI=1S/C19H21ClO10/c1-9(23)26-16-15(8-22)30-19(18(28-11(3)25)17(16)27-10(2)24)29-14-5-4-13(20)6-12(14)7-21/h4-7,15-19,22H,8H2,1-3H3/t15-,16-,17+,18-,19-/m1/s1. The highest BCUT2D eigenvalue weighted by Crippen LogP contribution is 2.32. The van der Waals surface area contributed by atoms with Gasteiger partial charge in [0, 0.05) is 25.8 Å². The zero-order valence-corrected chi connectivity index (χ0v) is 17.2. The Labute approximate surface area is 176 Å². The van der Waals surface area contributed by atoms with E-state index in [0.29, 0.717) is 6.29 Å². The van der Waals surface area contributed by atoms with Crippen molar-refractivity contribution in [1.29, 1.82) is 0 Å². The molecule has 0 amide bonds. The number of carbonyl (C=O) groups excluding carboxylic acids is 4. The van der Waals surface area contributed by atoms with Gasteiger partial charge in [-0.2, -0.15) is 0 Å². The van der Waals surface area contributed by atoms with Crippen LogP contribution in [0.5, 0.6) is 5.75 Å². The van der Waals surface area contributed by atoms with Gasteiger partial charge in [0.1, 0.15) is 11.9 Å². The van der Waals surface area contributed by atoms with E-state index in [4.69, 9.17) is 35.3 Å². The van der Waals surface area contributed by atoms with Gasteiger partial charge in [-0.1, -0.05) is 11.6 Å². The summed E-state index contributed by atoms with van der Waals surface area (Å²) in [6, 6.07) is 4.21. The molecule has 0 aliphatic carbocycles. The monoisotopic (exact) mass is 444 g/mol. The summed E-state index contributed by atoms with van der Waals surface area (Å²) in [6.45, 7) is 2.70. The predicted molar refractivity (Wildman–Crippen MR) is 99.9 cm³/mol. The van der Waals surface area contributed by atoms with Gasteiger partial charge in [-0.05, 0) is 18.2 Å². The van der Waals surface area contributed by atoms with Crippen molar-refractivity contribution in [2.45, 2.75) is 51.5 Å². The third-order valence-corrected chi connectivity index (χ3v) is 4.25. The Morgan fingerprint density at radius 2 is 1.60 bits per heavy atom. The third kappa shape index (κ3) is 5.91. The van der Waals surface area contributed by atoms with E-state index in [9.17, 15) is 24.3 Å². The van der Waals surface area contributed by atoms with Crippen LogP contribution in [-0.2, 0) is 33.3 Å². The molecule has 0 unspecified atom stereocenters. The summed E-state index contributed by atoms with van der Waals surface area (Å²) < 4.78 is 27.0. The Hall–Kier alpha value is -2.69. The third-order valence-electron chi connectivity index (χ3n) is 4.02. The molecular formula is C19H21ClO10. The van der Waals surface area contributed by atoms with Gasteiger partial charge in [0.2, 0.25) is 12.4 Å². The maximum atomic E-state index is 11.7. The number of aliphatic hydroxyl groups is 1. The summed E-state index contributed by atoms with van der Waals surface area (Å²) in [7, 11) is 0. The van der Waals surface area contributed by atoms with E-state index in [1.165, 1.54) is 18.2 Å². The fraction of sp³-hybridized carbons (Fsp3) is 0.474. The molecule has 1 heterocycles. The lowest BCUT2D eigenvalue weighted by Crippen LogP contribution is -2.63. The van der Waals surface area contributed by atoms with Crippen LogP contribution < -0.4 is 4.74 Å². The molecule has 1 saturated heterocycles.